The maximum atomic E-state index is 6.61. The van der Waals surface area contributed by atoms with Gasteiger partial charge in [-0.2, -0.15) is 0 Å². The molecule has 1 N–H and O–H groups in total. The van der Waals surface area contributed by atoms with E-state index in [0.29, 0.717) is 33.2 Å². The average Bonchev–Trinajstić information content (AvgIpc) is 3.31. The molecule has 5 rings (SSSR count). The second kappa shape index (κ2) is 9.42. The van der Waals surface area contributed by atoms with Crippen LogP contribution in [0, 0.1) is 5.92 Å². The first kappa shape index (κ1) is 22.9. The molecular weight excluding hydrogens is 545 g/mol. The highest BCUT2D eigenvalue weighted by molar-refractivity contribution is 9.10. The first-order valence-corrected chi connectivity index (χ1v) is 12.6. The Labute approximate surface area is 216 Å². The summed E-state index contributed by atoms with van der Waals surface area (Å²) in [6.45, 7) is 0.452. The minimum Gasteiger partial charge on any atom is -0.493 e. The lowest BCUT2D eigenvalue weighted by Crippen LogP contribution is -2.29. The molecule has 3 nitrogen and oxygen atoms in total. The third kappa shape index (κ3) is 4.23. The number of halogens is 4. The largest absolute Gasteiger partial charge is 0.493 e. The van der Waals surface area contributed by atoms with Crippen molar-refractivity contribution in [2.45, 2.75) is 25.0 Å². The lowest BCUT2D eigenvalue weighted by atomic mass is 9.77. The average molecular weight is 566 g/mol. The lowest BCUT2D eigenvalue weighted by molar-refractivity contribution is 0.282. The van der Waals surface area contributed by atoms with Crippen molar-refractivity contribution >= 4 is 56.4 Å². The van der Waals surface area contributed by atoms with Crippen molar-refractivity contribution in [3.05, 3.63) is 96.9 Å². The predicted molar refractivity (Wildman–Crippen MR) is 139 cm³/mol. The van der Waals surface area contributed by atoms with E-state index in [2.05, 4.69) is 39.5 Å². The van der Waals surface area contributed by atoms with E-state index in [1.807, 2.05) is 36.4 Å². The minimum absolute atomic E-state index is 0.0145. The number of ether oxygens (including phenoxy) is 2. The molecule has 3 aromatic carbocycles. The fourth-order valence-electron chi connectivity index (χ4n) is 4.78. The Morgan fingerprint density at radius 2 is 1.85 bits per heavy atom. The van der Waals surface area contributed by atoms with E-state index in [1.165, 1.54) is 0 Å². The van der Waals surface area contributed by atoms with Gasteiger partial charge in [0.1, 0.15) is 6.61 Å². The summed E-state index contributed by atoms with van der Waals surface area (Å²) in [6, 6.07) is 15.9. The molecule has 3 aromatic rings. The molecule has 0 fully saturated rings. The second-order valence-corrected chi connectivity index (χ2v) is 10.3. The summed E-state index contributed by atoms with van der Waals surface area (Å²) >= 11 is 23.3. The Balaban J connectivity index is 1.51. The number of hydrogen-bond donors (Lipinski definition) is 1. The van der Waals surface area contributed by atoms with E-state index in [0.717, 1.165) is 33.3 Å². The summed E-state index contributed by atoms with van der Waals surface area (Å²) in [5, 5.41) is 5.25. The van der Waals surface area contributed by atoms with Crippen LogP contribution in [0.2, 0.25) is 15.1 Å². The van der Waals surface area contributed by atoms with Crippen molar-refractivity contribution in [3.8, 4) is 11.5 Å². The number of methoxy groups -OCH3 is 1. The lowest BCUT2D eigenvalue weighted by Gasteiger charge is -2.38. The maximum absolute atomic E-state index is 6.61. The molecule has 33 heavy (non-hydrogen) atoms. The number of hydrogen-bond acceptors (Lipinski definition) is 3. The monoisotopic (exact) mass is 563 g/mol. The Bertz CT molecular complexity index is 1230. The summed E-state index contributed by atoms with van der Waals surface area (Å²) in [6.07, 6.45) is 5.34. The Morgan fingerprint density at radius 3 is 2.61 bits per heavy atom. The molecule has 0 saturated carbocycles. The van der Waals surface area contributed by atoms with E-state index in [9.17, 15) is 0 Å². The van der Waals surface area contributed by atoms with Crippen LogP contribution in [0.25, 0.3) is 0 Å². The van der Waals surface area contributed by atoms with Crippen molar-refractivity contribution in [2.75, 3.05) is 12.4 Å². The van der Waals surface area contributed by atoms with Gasteiger partial charge in [-0.05, 0) is 57.6 Å². The van der Waals surface area contributed by atoms with Crippen LogP contribution in [-0.2, 0) is 6.61 Å². The molecule has 0 bridgehead atoms. The second-order valence-electron chi connectivity index (χ2n) is 8.23. The molecule has 0 aromatic heterocycles. The van der Waals surface area contributed by atoms with E-state index >= 15 is 0 Å². The zero-order valence-electron chi connectivity index (χ0n) is 17.7. The van der Waals surface area contributed by atoms with E-state index in [1.54, 1.807) is 13.2 Å². The molecule has 2 aliphatic rings. The van der Waals surface area contributed by atoms with E-state index < -0.39 is 0 Å². The molecular formula is C26H21BrCl3NO2. The molecule has 0 unspecified atom stereocenters. The van der Waals surface area contributed by atoms with Crippen LogP contribution in [0.5, 0.6) is 11.5 Å². The normalized spacial score (nSPS) is 20.7. The van der Waals surface area contributed by atoms with Gasteiger partial charge in [0, 0.05) is 11.5 Å². The Morgan fingerprint density at radius 1 is 1.06 bits per heavy atom. The van der Waals surface area contributed by atoms with Gasteiger partial charge < -0.3 is 14.8 Å². The van der Waals surface area contributed by atoms with Gasteiger partial charge in [0.2, 0.25) is 0 Å². The number of benzene rings is 3. The molecule has 1 aliphatic heterocycles. The molecule has 7 heteroatoms. The standard InChI is InChI=1S/C26H21BrCl3NO2/c1-32-21-11-15(10-18(27)26(21)33-13-14-6-3-2-4-7-14)24-17-9-5-8-16(17)22-23(30)19(28)12-20(29)25(22)31-24/h2-8,10-12,16-17,24,31H,9,13H2,1H3/t16-,17-,24+/m1/s1. The van der Waals surface area contributed by atoms with Crippen LogP contribution in [0.1, 0.15) is 35.1 Å². The summed E-state index contributed by atoms with van der Waals surface area (Å²) in [7, 11) is 1.66. The summed E-state index contributed by atoms with van der Waals surface area (Å²) in [5.74, 6) is 1.76. The van der Waals surface area contributed by atoms with Gasteiger partial charge in [-0.1, -0.05) is 77.3 Å². The van der Waals surface area contributed by atoms with Gasteiger partial charge in [-0.25, -0.2) is 0 Å². The highest BCUT2D eigenvalue weighted by Gasteiger charge is 2.41. The zero-order valence-corrected chi connectivity index (χ0v) is 21.6. The predicted octanol–water partition coefficient (Wildman–Crippen LogP) is 8.82. The molecule has 0 spiro atoms. The van der Waals surface area contributed by atoms with Gasteiger partial charge in [0.25, 0.3) is 0 Å². The third-order valence-electron chi connectivity index (χ3n) is 6.32. The van der Waals surface area contributed by atoms with Crippen molar-refractivity contribution < 1.29 is 9.47 Å². The highest BCUT2D eigenvalue weighted by Crippen LogP contribution is 2.55. The molecule has 0 radical (unpaired) electrons. The van der Waals surface area contributed by atoms with Crippen LogP contribution < -0.4 is 14.8 Å². The summed E-state index contributed by atoms with van der Waals surface area (Å²) in [4.78, 5) is 0. The third-order valence-corrected chi connectivity index (χ3v) is 8.01. The van der Waals surface area contributed by atoms with Crippen LogP contribution in [-0.4, -0.2) is 7.11 Å². The highest BCUT2D eigenvalue weighted by atomic mass is 79.9. The quantitative estimate of drug-likeness (QED) is 0.248. The molecule has 0 amide bonds. The fraction of sp³-hybridized carbons (Fsp3) is 0.231. The first-order valence-electron chi connectivity index (χ1n) is 10.6. The van der Waals surface area contributed by atoms with Gasteiger partial charge in [0.05, 0.1) is 38.4 Å². The first-order chi connectivity index (χ1) is 16.0. The molecule has 3 atom stereocenters. The van der Waals surface area contributed by atoms with Crippen molar-refractivity contribution in [1.82, 2.24) is 0 Å². The maximum Gasteiger partial charge on any atom is 0.175 e. The van der Waals surface area contributed by atoms with Crippen LogP contribution in [0.4, 0.5) is 5.69 Å². The van der Waals surface area contributed by atoms with Crippen LogP contribution >= 0.6 is 50.7 Å². The Kier molecular flexibility index (Phi) is 6.54. The molecule has 0 saturated heterocycles. The van der Waals surface area contributed by atoms with Crippen molar-refractivity contribution in [3.63, 3.8) is 0 Å². The smallest absolute Gasteiger partial charge is 0.175 e. The fourth-order valence-corrected chi connectivity index (χ4v) is 6.16. The SMILES string of the molecule is COc1cc([C@@H]2Nc3c(Cl)cc(Cl)c(Cl)c3[C@@H]3C=CC[C@H]32)cc(Br)c1OCc1ccccc1. The minimum atomic E-state index is 0.0145. The number of allylic oxidation sites excluding steroid dienone is 2. The topological polar surface area (TPSA) is 30.5 Å². The van der Waals surface area contributed by atoms with Gasteiger partial charge >= 0.3 is 0 Å². The zero-order chi connectivity index (χ0) is 23.1. The number of nitrogens with one attached hydrogen (secondary N) is 1. The van der Waals surface area contributed by atoms with Crippen molar-refractivity contribution in [1.29, 1.82) is 0 Å². The van der Waals surface area contributed by atoms with Gasteiger partial charge in [-0.15, -0.1) is 0 Å². The molecule has 1 aliphatic carbocycles. The van der Waals surface area contributed by atoms with E-state index in [4.69, 9.17) is 44.3 Å². The summed E-state index contributed by atoms with van der Waals surface area (Å²) < 4.78 is 12.7. The number of anilines is 1. The number of rotatable bonds is 5. The Hall–Kier alpha value is -1.85. The van der Waals surface area contributed by atoms with Gasteiger partial charge in [0.15, 0.2) is 11.5 Å². The summed E-state index contributed by atoms with van der Waals surface area (Å²) in [5.41, 5.74) is 3.98. The van der Waals surface area contributed by atoms with E-state index in [-0.39, 0.29) is 17.9 Å². The van der Waals surface area contributed by atoms with Crippen molar-refractivity contribution in [2.24, 2.45) is 5.92 Å². The number of fused-ring (bicyclic) bond motifs is 3. The molecule has 1 heterocycles. The van der Waals surface area contributed by atoms with Gasteiger partial charge in [-0.3, -0.25) is 0 Å². The molecule has 170 valence electrons. The van der Waals surface area contributed by atoms with Crippen LogP contribution in [0.15, 0.2) is 65.2 Å². The van der Waals surface area contributed by atoms with Crippen LogP contribution in [0.3, 0.4) is 0 Å².